The highest BCUT2D eigenvalue weighted by Crippen LogP contribution is 2.25. The van der Waals surface area contributed by atoms with Gasteiger partial charge in [0.15, 0.2) is 0 Å². The SMILES string of the molecule is COCCNc1nc(-c2ccccn2)cc2ncccc12. The van der Waals surface area contributed by atoms with E-state index in [1.165, 1.54) is 0 Å². The van der Waals surface area contributed by atoms with Crippen molar-refractivity contribution in [2.24, 2.45) is 0 Å². The molecule has 0 aliphatic rings. The summed E-state index contributed by atoms with van der Waals surface area (Å²) in [6, 6.07) is 11.7. The van der Waals surface area contributed by atoms with Crippen LogP contribution >= 0.6 is 0 Å². The first-order chi connectivity index (χ1) is 10.4. The highest BCUT2D eigenvalue weighted by Gasteiger charge is 2.08. The van der Waals surface area contributed by atoms with Gasteiger partial charge in [-0.1, -0.05) is 6.07 Å². The first-order valence-electron chi connectivity index (χ1n) is 6.78. The summed E-state index contributed by atoms with van der Waals surface area (Å²) in [6.45, 7) is 1.32. The summed E-state index contributed by atoms with van der Waals surface area (Å²) in [6.07, 6.45) is 3.54. The second-order valence-electron chi connectivity index (χ2n) is 4.56. The van der Waals surface area contributed by atoms with Gasteiger partial charge in [-0.3, -0.25) is 9.97 Å². The minimum atomic E-state index is 0.622. The fourth-order valence-electron chi connectivity index (χ4n) is 2.13. The maximum absolute atomic E-state index is 5.07. The van der Waals surface area contributed by atoms with Gasteiger partial charge in [-0.05, 0) is 30.3 Å². The van der Waals surface area contributed by atoms with Crippen LogP contribution in [0.2, 0.25) is 0 Å². The van der Waals surface area contributed by atoms with Crippen LogP contribution < -0.4 is 5.32 Å². The Morgan fingerprint density at radius 2 is 1.95 bits per heavy atom. The molecule has 3 rings (SSSR count). The summed E-state index contributed by atoms with van der Waals surface area (Å²) < 4.78 is 5.07. The van der Waals surface area contributed by atoms with Crippen LogP contribution in [0.15, 0.2) is 48.8 Å². The highest BCUT2D eigenvalue weighted by molar-refractivity contribution is 5.91. The predicted octanol–water partition coefficient (Wildman–Crippen LogP) is 2.75. The zero-order valence-electron chi connectivity index (χ0n) is 11.8. The molecule has 0 spiro atoms. The van der Waals surface area contributed by atoms with E-state index in [2.05, 4.69) is 20.3 Å². The number of pyridine rings is 3. The molecular weight excluding hydrogens is 264 g/mol. The second kappa shape index (κ2) is 6.28. The van der Waals surface area contributed by atoms with Crippen LogP contribution in [0.1, 0.15) is 0 Å². The molecule has 106 valence electrons. The maximum Gasteiger partial charge on any atom is 0.136 e. The van der Waals surface area contributed by atoms with Crippen LogP contribution in [0.4, 0.5) is 5.82 Å². The molecule has 0 saturated heterocycles. The molecule has 3 heterocycles. The summed E-state index contributed by atoms with van der Waals surface area (Å²) >= 11 is 0. The lowest BCUT2D eigenvalue weighted by Gasteiger charge is -2.10. The normalized spacial score (nSPS) is 10.7. The molecular formula is C16H16N4O. The van der Waals surface area contributed by atoms with Crippen molar-refractivity contribution >= 4 is 16.7 Å². The van der Waals surface area contributed by atoms with E-state index in [4.69, 9.17) is 4.74 Å². The van der Waals surface area contributed by atoms with Gasteiger partial charge in [0.2, 0.25) is 0 Å². The number of nitrogens with one attached hydrogen (secondary N) is 1. The van der Waals surface area contributed by atoms with E-state index in [9.17, 15) is 0 Å². The van der Waals surface area contributed by atoms with Gasteiger partial charge < -0.3 is 10.1 Å². The third-order valence-electron chi connectivity index (χ3n) is 3.13. The minimum absolute atomic E-state index is 0.622. The molecule has 0 aliphatic carbocycles. The average Bonchev–Trinajstić information content (AvgIpc) is 2.55. The molecule has 0 aromatic carbocycles. The molecule has 0 fully saturated rings. The van der Waals surface area contributed by atoms with Gasteiger partial charge in [-0.15, -0.1) is 0 Å². The van der Waals surface area contributed by atoms with Crippen molar-refractivity contribution in [1.29, 1.82) is 0 Å². The smallest absolute Gasteiger partial charge is 0.136 e. The molecule has 0 radical (unpaired) electrons. The number of ether oxygens (including phenoxy) is 1. The Hall–Kier alpha value is -2.53. The lowest BCUT2D eigenvalue weighted by Crippen LogP contribution is -2.09. The fourth-order valence-corrected chi connectivity index (χ4v) is 2.13. The monoisotopic (exact) mass is 280 g/mol. The minimum Gasteiger partial charge on any atom is -0.383 e. The number of methoxy groups -OCH3 is 1. The summed E-state index contributed by atoms with van der Waals surface area (Å²) in [5, 5.41) is 4.29. The molecule has 3 aromatic rings. The fraction of sp³-hybridized carbons (Fsp3) is 0.188. The van der Waals surface area contributed by atoms with E-state index in [1.807, 2.05) is 36.4 Å². The molecule has 1 N–H and O–H groups in total. The van der Waals surface area contributed by atoms with E-state index in [0.717, 1.165) is 28.1 Å². The van der Waals surface area contributed by atoms with Gasteiger partial charge in [0.1, 0.15) is 5.82 Å². The Morgan fingerprint density at radius 3 is 2.76 bits per heavy atom. The molecule has 21 heavy (non-hydrogen) atoms. The van der Waals surface area contributed by atoms with Gasteiger partial charge in [-0.25, -0.2) is 4.98 Å². The zero-order valence-corrected chi connectivity index (χ0v) is 11.8. The van der Waals surface area contributed by atoms with Crippen molar-refractivity contribution in [1.82, 2.24) is 15.0 Å². The van der Waals surface area contributed by atoms with Gasteiger partial charge in [0, 0.05) is 31.4 Å². The molecule has 0 aliphatic heterocycles. The molecule has 3 aromatic heterocycles. The highest BCUT2D eigenvalue weighted by atomic mass is 16.5. The molecule has 5 heteroatoms. The van der Waals surface area contributed by atoms with E-state index < -0.39 is 0 Å². The van der Waals surface area contributed by atoms with Crippen molar-refractivity contribution in [3.63, 3.8) is 0 Å². The molecule has 0 saturated carbocycles. The summed E-state index contributed by atoms with van der Waals surface area (Å²) in [7, 11) is 1.68. The first-order valence-corrected chi connectivity index (χ1v) is 6.78. The Kier molecular flexibility index (Phi) is 4.02. The number of hydrogen-bond donors (Lipinski definition) is 1. The van der Waals surface area contributed by atoms with Gasteiger partial charge in [0.25, 0.3) is 0 Å². The molecule has 0 atom stereocenters. The molecule has 0 unspecified atom stereocenters. The first kappa shape index (κ1) is 13.5. The van der Waals surface area contributed by atoms with Crippen LogP contribution in [0.25, 0.3) is 22.3 Å². The Bertz CT molecular complexity index is 731. The molecule has 0 bridgehead atoms. The number of nitrogens with zero attached hydrogens (tertiary/aromatic N) is 3. The Labute approximate surface area is 123 Å². The van der Waals surface area contributed by atoms with Crippen molar-refractivity contribution in [3.05, 3.63) is 48.8 Å². The standard InChI is InChI=1S/C16H16N4O/c1-21-10-9-19-16-12-5-4-8-18-14(12)11-15(20-16)13-6-2-3-7-17-13/h2-8,11H,9-10H2,1H3,(H,19,20). The van der Waals surface area contributed by atoms with Gasteiger partial charge in [0.05, 0.1) is 23.5 Å². The number of anilines is 1. The zero-order chi connectivity index (χ0) is 14.5. The van der Waals surface area contributed by atoms with E-state index in [0.29, 0.717) is 13.2 Å². The number of fused-ring (bicyclic) bond motifs is 1. The van der Waals surface area contributed by atoms with E-state index >= 15 is 0 Å². The van der Waals surface area contributed by atoms with Gasteiger partial charge in [-0.2, -0.15) is 0 Å². The Balaban J connectivity index is 2.06. The third kappa shape index (κ3) is 2.98. The largest absolute Gasteiger partial charge is 0.383 e. The second-order valence-corrected chi connectivity index (χ2v) is 4.56. The average molecular weight is 280 g/mol. The van der Waals surface area contributed by atoms with Crippen LogP contribution in [0.5, 0.6) is 0 Å². The van der Waals surface area contributed by atoms with Crippen LogP contribution in [0, 0.1) is 0 Å². The van der Waals surface area contributed by atoms with Gasteiger partial charge >= 0.3 is 0 Å². The van der Waals surface area contributed by atoms with E-state index in [1.54, 1.807) is 19.5 Å². The summed E-state index contributed by atoms with van der Waals surface area (Å²) in [5.41, 5.74) is 2.54. The van der Waals surface area contributed by atoms with Crippen LogP contribution in [-0.4, -0.2) is 35.2 Å². The number of hydrogen-bond acceptors (Lipinski definition) is 5. The van der Waals surface area contributed by atoms with Crippen molar-refractivity contribution in [2.45, 2.75) is 0 Å². The number of rotatable bonds is 5. The number of aromatic nitrogens is 3. The van der Waals surface area contributed by atoms with Crippen molar-refractivity contribution in [3.8, 4) is 11.4 Å². The van der Waals surface area contributed by atoms with E-state index in [-0.39, 0.29) is 0 Å². The summed E-state index contributed by atoms with van der Waals surface area (Å²) in [4.78, 5) is 13.4. The quantitative estimate of drug-likeness (QED) is 0.728. The van der Waals surface area contributed by atoms with Crippen molar-refractivity contribution < 1.29 is 4.74 Å². The topological polar surface area (TPSA) is 59.9 Å². The molecule has 0 amide bonds. The lowest BCUT2D eigenvalue weighted by molar-refractivity contribution is 0.210. The maximum atomic E-state index is 5.07. The van der Waals surface area contributed by atoms with Crippen molar-refractivity contribution in [2.75, 3.05) is 25.6 Å². The third-order valence-corrected chi connectivity index (χ3v) is 3.13. The van der Waals surface area contributed by atoms with Crippen LogP contribution in [-0.2, 0) is 4.74 Å². The summed E-state index contributed by atoms with van der Waals surface area (Å²) in [5.74, 6) is 0.804. The lowest BCUT2D eigenvalue weighted by atomic mass is 10.2. The predicted molar refractivity (Wildman–Crippen MR) is 83.1 cm³/mol. The Morgan fingerprint density at radius 1 is 1.05 bits per heavy atom. The van der Waals surface area contributed by atoms with Crippen LogP contribution in [0.3, 0.4) is 0 Å². The molecule has 5 nitrogen and oxygen atoms in total.